The Hall–Kier alpha value is -5.08. The van der Waals surface area contributed by atoms with Crippen molar-refractivity contribution >= 4 is 34.1 Å². The number of para-hydroxylation sites is 3. The molecule has 2 heteroatoms. The van der Waals surface area contributed by atoms with E-state index in [4.69, 9.17) is 0 Å². The third kappa shape index (κ3) is 9.12. The number of benzene rings is 6. The number of aryl methyl sites for hydroxylation is 2. The van der Waals surface area contributed by atoms with Crippen molar-refractivity contribution in [3.63, 3.8) is 0 Å². The summed E-state index contributed by atoms with van der Waals surface area (Å²) in [6.45, 7) is 9.37. The van der Waals surface area contributed by atoms with Crippen LogP contribution in [0.4, 0.5) is 34.1 Å². The Kier molecular flexibility index (Phi) is 11.5. The first kappa shape index (κ1) is 34.8. The second-order valence-electron chi connectivity index (χ2n) is 14.7. The molecule has 0 aliphatic rings. The van der Waals surface area contributed by atoms with E-state index in [1.165, 1.54) is 42.4 Å². The van der Waals surface area contributed by atoms with Crippen LogP contribution in [0.5, 0.6) is 0 Å². The SMILES string of the molecule is CCC(CC(C)(C)C)c1ccc(CCCCc2ccc(N(c3ccccc3)c3ccc(N(c4ccccc4)c4ccccc4)cc3)cc2)cc1. The van der Waals surface area contributed by atoms with E-state index in [2.05, 4.69) is 201 Å². The summed E-state index contributed by atoms with van der Waals surface area (Å²) >= 11 is 0. The smallest absolute Gasteiger partial charge is 0.0463 e. The summed E-state index contributed by atoms with van der Waals surface area (Å²) < 4.78 is 0. The van der Waals surface area contributed by atoms with Gasteiger partial charge in [-0.2, -0.15) is 0 Å². The Labute approximate surface area is 301 Å². The van der Waals surface area contributed by atoms with Crippen LogP contribution in [0.1, 0.15) is 76.0 Å². The Morgan fingerprint density at radius 1 is 0.420 bits per heavy atom. The van der Waals surface area contributed by atoms with Crippen LogP contribution in [-0.2, 0) is 12.8 Å². The van der Waals surface area contributed by atoms with Crippen LogP contribution < -0.4 is 9.80 Å². The maximum atomic E-state index is 2.38. The predicted molar refractivity (Wildman–Crippen MR) is 216 cm³/mol. The summed E-state index contributed by atoms with van der Waals surface area (Å²) in [7, 11) is 0. The fourth-order valence-corrected chi connectivity index (χ4v) is 7.04. The van der Waals surface area contributed by atoms with E-state index >= 15 is 0 Å². The molecular weight excluding hydrogens is 605 g/mol. The molecule has 6 rings (SSSR count). The average Bonchev–Trinajstić information content (AvgIpc) is 3.15. The second kappa shape index (κ2) is 16.5. The van der Waals surface area contributed by atoms with Crippen LogP contribution >= 0.6 is 0 Å². The van der Waals surface area contributed by atoms with Gasteiger partial charge in [-0.15, -0.1) is 0 Å². The molecule has 6 aromatic rings. The van der Waals surface area contributed by atoms with E-state index in [-0.39, 0.29) is 0 Å². The van der Waals surface area contributed by atoms with E-state index < -0.39 is 0 Å². The summed E-state index contributed by atoms with van der Waals surface area (Å²) in [6.07, 6.45) is 7.05. The van der Waals surface area contributed by atoms with Gasteiger partial charge in [0.1, 0.15) is 0 Å². The van der Waals surface area contributed by atoms with Crippen LogP contribution in [0, 0.1) is 5.41 Å². The summed E-state index contributed by atoms with van der Waals surface area (Å²) in [5, 5.41) is 0. The molecule has 0 radical (unpaired) electrons. The summed E-state index contributed by atoms with van der Waals surface area (Å²) in [5.41, 5.74) is 11.5. The van der Waals surface area contributed by atoms with Gasteiger partial charge in [0.15, 0.2) is 0 Å². The highest BCUT2D eigenvalue weighted by atomic mass is 15.2. The zero-order valence-corrected chi connectivity index (χ0v) is 30.3. The largest absolute Gasteiger partial charge is 0.311 e. The van der Waals surface area contributed by atoms with Gasteiger partial charge in [0.05, 0.1) is 0 Å². The van der Waals surface area contributed by atoms with Crippen molar-refractivity contribution < 1.29 is 0 Å². The summed E-state index contributed by atoms with van der Waals surface area (Å²) in [4.78, 5) is 4.65. The number of unbranched alkanes of at least 4 members (excludes halogenated alkanes) is 1. The Morgan fingerprint density at radius 3 is 1.08 bits per heavy atom. The molecular formula is C48H52N2. The van der Waals surface area contributed by atoms with Gasteiger partial charge in [0.25, 0.3) is 0 Å². The minimum Gasteiger partial charge on any atom is -0.311 e. The van der Waals surface area contributed by atoms with Gasteiger partial charge < -0.3 is 9.80 Å². The molecule has 0 aliphatic heterocycles. The Balaban J connectivity index is 1.12. The van der Waals surface area contributed by atoms with Crippen LogP contribution in [0.3, 0.4) is 0 Å². The van der Waals surface area contributed by atoms with Gasteiger partial charge in [0.2, 0.25) is 0 Å². The molecule has 0 bridgehead atoms. The molecule has 0 aliphatic carbocycles. The number of hydrogen-bond donors (Lipinski definition) is 0. The zero-order chi connectivity index (χ0) is 34.8. The van der Waals surface area contributed by atoms with Crippen LogP contribution in [0.15, 0.2) is 164 Å². The van der Waals surface area contributed by atoms with E-state index in [1.807, 2.05) is 0 Å². The van der Waals surface area contributed by atoms with Crippen LogP contribution in [-0.4, -0.2) is 0 Å². The maximum absolute atomic E-state index is 2.38. The lowest BCUT2D eigenvalue weighted by molar-refractivity contribution is 0.335. The van der Waals surface area contributed by atoms with Gasteiger partial charge in [-0.25, -0.2) is 0 Å². The lowest BCUT2D eigenvalue weighted by Gasteiger charge is -2.28. The summed E-state index contributed by atoms with van der Waals surface area (Å²) in [5.74, 6) is 0.647. The van der Waals surface area contributed by atoms with Gasteiger partial charge in [-0.05, 0) is 139 Å². The quantitative estimate of drug-likeness (QED) is 0.108. The highest BCUT2D eigenvalue weighted by Gasteiger charge is 2.19. The van der Waals surface area contributed by atoms with Crippen molar-refractivity contribution in [2.24, 2.45) is 5.41 Å². The lowest BCUT2D eigenvalue weighted by Crippen LogP contribution is -2.12. The standard InChI is InChI=1S/C48H52N2/c1-5-40(37-48(2,3)4)41-29-25-38(26-30-41)17-15-16-18-39-27-31-45(32-28-39)50(44-23-13-8-14-24-44)47-35-33-46(34-36-47)49(42-19-9-6-10-20-42)43-21-11-7-12-22-43/h6-14,19-36,40H,5,15-18,37H2,1-4H3. The molecule has 50 heavy (non-hydrogen) atoms. The molecule has 1 unspecified atom stereocenters. The molecule has 6 aromatic carbocycles. The molecule has 0 saturated carbocycles. The van der Waals surface area contributed by atoms with E-state index in [1.54, 1.807) is 0 Å². The third-order valence-corrected chi connectivity index (χ3v) is 9.59. The van der Waals surface area contributed by atoms with Crippen molar-refractivity contribution in [2.45, 2.75) is 72.1 Å². The highest BCUT2D eigenvalue weighted by Crippen LogP contribution is 2.39. The second-order valence-corrected chi connectivity index (χ2v) is 14.7. The average molecular weight is 657 g/mol. The van der Waals surface area contributed by atoms with Gasteiger partial charge in [-0.1, -0.05) is 119 Å². The molecule has 254 valence electrons. The molecule has 0 N–H and O–H groups in total. The first-order chi connectivity index (χ1) is 24.4. The fourth-order valence-electron chi connectivity index (χ4n) is 7.04. The van der Waals surface area contributed by atoms with Crippen molar-refractivity contribution in [1.82, 2.24) is 0 Å². The van der Waals surface area contributed by atoms with Crippen molar-refractivity contribution in [2.75, 3.05) is 9.80 Å². The Morgan fingerprint density at radius 2 is 0.740 bits per heavy atom. The minimum absolute atomic E-state index is 0.358. The van der Waals surface area contributed by atoms with Crippen LogP contribution in [0.2, 0.25) is 0 Å². The monoisotopic (exact) mass is 656 g/mol. The molecule has 0 saturated heterocycles. The highest BCUT2D eigenvalue weighted by molar-refractivity contribution is 5.81. The third-order valence-electron chi connectivity index (χ3n) is 9.59. The van der Waals surface area contributed by atoms with Crippen molar-refractivity contribution in [3.8, 4) is 0 Å². The molecule has 1 atom stereocenters. The topological polar surface area (TPSA) is 6.48 Å². The molecule has 0 amide bonds. The van der Waals surface area contributed by atoms with Gasteiger partial charge in [0, 0.05) is 34.1 Å². The van der Waals surface area contributed by atoms with E-state index in [0.717, 1.165) is 47.0 Å². The first-order valence-electron chi connectivity index (χ1n) is 18.4. The van der Waals surface area contributed by atoms with Gasteiger partial charge >= 0.3 is 0 Å². The molecule has 0 heterocycles. The Bertz CT molecular complexity index is 1820. The minimum atomic E-state index is 0.358. The molecule has 0 aromatic heterocycles. The zero-order valence-electron chi connectivity index (χ0n) is 30.3. The number of hydrogen-bond acceptors (Lipinski definition) is 2. The van der Waals surface area contributed by atoms with E-state index in [0.29, 0.717) is 11.3 Å². The van der Waals surface area contributed by atoms with Crippen molar-refractivity contribution in [1.29, 1.82) is 0 Å². The molecule has 2 nitrogen and oxygen atoms in total. The van der Waals surface area contributed by atoms with Crippen molar-refractivity contribution in [3.05, 3.63) is 180 Å². The fraction of sp³-hybridized carbons (Fsp3) is 0.250. The first-order valence-corrected chi connectivity index (χ1v) is 18.4. The van der Waals surface area contributed by atoms with Gasteiger partial charge in [-0.3, -0.25) is 0 Å². The van der Waals surface area contributed by atoms with Crippen LogP contribution in [0.25, 0.3) is 0 Å². The number of rotatable bonds is 14. The maximum Gasteiger partial charge on any atom is 0.0463 e. The number of nitrogens with zero attached hydrogens (tertiary/aromatic N) is 2. The molecule has 0 spiro atoms. The predicted octanol–water partition coefficient (Wildman–Crippen LogP) is 14.1. The normalized spacial score (nSPS) is 12.0. The van der Waals surface area contributed by atoms with E-state index in [9.17, 15) is 0 Å². The molecule has 0 fully saturated rings. The lowest BCUT2D eigenvalue weighted by atomic mass is 9.80. The number of anilines is 6. The summed E-state index contributed by atoms with van der Waals surface area (Å²) in [6, 6.07) is 59.3.